The van der Waals surface area contributed by atoms with Crippen molar-refractivity contribution in [2.45, 2.75) is 19.4 Å². The van der Waals surface area contributed by atoms with E-state index in [9.17, 15) is 4.79 Å². The predicted molar refractivity (Wildman–Crippen MR) is 62.8 cm³/mol. The van der Waals surface area contributed by atoms with E-state index in [1.54, 1.807) is 7.11 Å². The number of anilines is 1. The van der Waals surface area contributed by atoms with Crippen molar-refractivity contribution in [3.63, 3.8) is 0 Å². The Balaban J connectivity index is 2.59. The van der Waals surface area contributed by atoms with E-state index in [1.807, 2.05) is 26.1 Å². The molecule has 1 aromatic carbocycles. The highest BCUT2D eigenvalue weighted by atomic mass is 16.5. The van der Waals surface area contributed by atoms with E-state index in [4.69, 9.17) is 4.74 Å². The van der Waals surface area contributed by atoms with Crippen LogP contribution in [0.25, 0.3) is 0 Å². The SMILES string of the molecule is CNC1CC(=O)Nc2c(OC)ccc(C)c21. The van der Waals surface area contributed by atoms with E-state index in [1.165, 1.54) is 0 Å². The third-order valence-corrected chi connectivity index (χ3v) is 3.00. The number of amides is 1. The Morgan fingerprint density at radius 2 is 2.25 bits per heavy atom. The molecule has 16 heavy (non-hydrogen) atoms. The summed E-state index contributed by atoms with van der Waals surface area (Å²) < 4.78 is 5.27. The van der Waals surface area contributed by atoms with Gasteiger partial charge in [0.25, 0.3) is 0 Å². The molecule has 2 N–H and O–H groups in total. The van der Waals surface area contributed by atoms with Crippen molar-refractivity contribution in [1.29, 1.82) is 0 Å². The van der Waals surface area contributed by atoms with Gasteiger partial charge in [-0.2, -0.15) is 0 Å². The van der Waals surface area contributed by atoms with Gasteiger partial charge in [-0.15, -0.1) is 0 Å². The first-order valence-corrected chi connectivity index (χ1v) is 5.32. The molecule has 0 fully saturated rings. The van der Waals surface area contributed by atoms with Crippen LogP contribution in [-0.4, -0.2) is 20.1 Å². The first-order valence-electron chi connectivity index (χ1n) is 5.32. The van der Waals surface area contributed by atoms with Crippen LogP contribution in [0.1, 0.15) is 23.6 Å². The molecule has 1 heterocycles. The Morgan fingerprint density at radius 3 is 2.88 bits per heavy atom. The summed E-state index contributed by atoms with van der Waals surface area (Å²) >= 11 is 0. The summed E-state index contributed by atoms with van der Waals surface area (Å²) in [5.41, 5.74) is 3.09. The third-order valence-electron chi connectivity index (χ3n) is 3.00. The Hall–Kier alpha value is -1.55. The highest BCUT2D eigenvalue weighted by Crippen LogP contribution is 2.39. The molecule has 0 aromatic heterocycles. The van der Waals surface area contributed by atoms with Crippen molar-refractivity contribution in [3.05, 3.63) is 23.3 Å². The summed E-state index contributed by atoms with van der Waals surface area (Å²) in [6, 6.07) is 3.96. The zero-order valence-corrected chi connectivity index (χ0v) is 9.76. The van der Waals surface area contributed by atoms with E-state index in [0.717, 1.165) is 16.8 Å². The molecule has 86 valence electrons. The van der Waals surface area contributed by atoms with Crippen LogP contribution in [0.15, 0.2) is 12.1 Å². The van der Waals surface area contributed by atoms with Gasteiger partial charge < -0.3 is 15.4 Å². The number of nitrogens with one attached hydrogen (secondary N) is 2. The smallest absolute Gasteiger partial charge is 0.226 e. The van der Waals surface area contributed by atoms with E-state index in [-0.39, 0.29) is 11.9 Å². The lowest BCUT2D eigenvalue weighted by Gasteiger charge is -2.28. The number of rotatable bonds is 2. The minimum Gasteiger partial charge on any atom is -0.495 e. The molecule has 4 heteroatoms. The fourth-order valence-corrected chi connectivity index (χ4v) is 2.18. The standard InChI is InChI=1S/C12H16N2O2/c1-7-4-5-9(16-3)12-11(7)8(13-2)6-10(15)14-12/h4-5,8,13H,6H2,1-3H3,(H,14,15). The van der Waals surface area contributed by atoms with Crippen LogP contribution < -0.4 is 15.4 Å². The Kier molecular flexibility index (Phi) is 2.83. The second kappa shape index (κ2) is 4.14. The first kappa shape index (κ1) is 11.0. The topological polar surface area (TPSA) is 50.4 Å². The molecule has 0 spiro atoms. The normalized spacial score (nSPS) is 18.9. The molecule has 4 nitrogen and oxygen atoms in total. The van der Waals surface area contributed by atoms with E-state index in [2.05, 4.69) is 10.6 Å². The van der Waals surface area contributed by atoms with E-state index < -0.39 is 0 Å². The minimum atomic E-state index is 0.0238. The summed E-state index contributed by atoms with van der Waals surface area (Å²) in [5, 5.41) is 6.05. The maximum Gasteiger partial charge on any atom is 0.226 e. The number of ether oxygens (including phenoxy) is 1. The van der Waals surface area contributed by atoms with Crippen molar-refractivity contribution in [2.75, 3.05) is 19.5 Å². The van der Waals surface area contributed by atoms with Gasteiger partial charge in [0.05, 0.1) is 12.8 Å². The summed E-state index contributed by atoms with van der Waals surface area (Å²) in [5.74, 6) is 0.740. The van der Waals surface area contributed by atoms with E-state index in [0.29, 0.717) is 12.2 Å². The van der Waals surface area contributed by atoms with Crippen molar-refractivity contribution in [2.24, 2.45) is 0 Å². The van der Waals surface area contributed by atoms with Crippen LogP contribution in [0.2, 0.25) is 0 Å². The summed E-state index contributed by atoms with van der Waals surface area (Å²) in [6.07, 6.45) is 0.470. The Morgan fingerprint density at radius 1 is 1.50 bits per heavy atom. The van der Waals surface area contributed by atoms with E-state index >= 15 is 0 Å². The number of carbonyl (C=O) groups excluding carboxylic acids is 1. The number of aryl methyl sites for hydroxylation is 1. The average molecular weight is 220 g/mol. The zero-order chi connectivity index (χ0) is 11.7. The summed E-state index contributed by atoms with van der Waals surface area (Å²) in [6.45, 7) is 2.04. The molecule has 0 saturated heterocycles. The fourth-order valence-electron chi connectivity index (χ4n) is 2.18. The van der Waals surface area contributed by atoms with Crippen LogP contribution in [0, 0.1) is 6.92 Å². The highest BCUT2D eigenvalue weighted by Gasteiger charge is 2.27. The van der Waals surface area contributed by atoms with Crippen LogP contribution in [0.4, 0.5) is 5.69 Å². The van der Waals surface area contributed by atoms with Gasteiger partial charge in [0.1, 0.15) is 5.75 Å². The van der Waals surface area contributed by atoms with Gasteiger partial charge in [-0.25, -0.2) is 0 Å². The number of benzene rings is 1. The zero-order valence-electron chi connectivity index (χ0n) is 9.76. The molecule has 0 saturated carbocycles. The largest absolute Gasteiger partial charge is 0.495 e. The molecule has 0 aliphatic carbocycles. The number of fused-ring (bicyclic) bond motifs is 1. The lowest BCUT2D eigenvalue weighted by Crippen LogP contribution is -2.30. The molecule has 0 radical (unpaired) electrons. The van der Waals surface area contributed by atoms with Crippen molar-refractivity contribution in [1.82, 2.24) is 5.32 Å². The lowest BCUT2D eigenvalue weighted by atomic mass is 9.93. The summed E-state index contributed by atoms with van der Waals surface area (Å²) in [4.78, 5) is 11.6. The monoisotopic (exact) mass is 220 g/mol. The molecule has 0 bridgehead atoms. The van der Waals surface area contributed by atoms with Gasteiger partial charge in [0.15, 0.2) is 0 Å². The molecule has 1 atom stereocenters. The van der Waals surface area contributed by atoms with Gasteiger partial charge >= 0.3 is 0 Å². The molecular weight excluding hydrogens is 204 g/mol. The maximum atomic E-state index is 11.6. The minimum absolute atomic E-state index is 0.0238. The molecule has 1 aromatic rings. The van der Waals surface area contributed by atoms with Crippen molar-refractivity contribution >= 4 is 11.6 Å². The predicted octanol–water partition coefficient (Wildman–Crippen LogP) is 1.61. The Labute approximate surface area is 95.0 Å². The van der Waals surface area contributed by atoms with Crippen molar-refractivity contribution < 1.29 is 9.53 Å². The highest BCUT2D eigenvalue weighted by molar-refractivity contribution is 5.96. The van der Waals surface area contributed by atoms with Crippen LogP contribution >= 0.6 is 0 Å². The lowest BCUT2D eigenvalue weighted by molar-refractivity contribution is -0.117. The van der Waals surface area contributed by atoms with Gasteiger partial charge in [0, 0.05) is 12.5 Å². The molecule has 1 amide bonds. The second-order valence-electron chi connectivity index (χ2n) is 3.97. The van der Waals surface area contributed by atoms with Gasteiger partial charge in [-0.3, -0.25) is 4.79 Å². The fraction of sp³-hybridized carbons (Fsp3) is 0.417. The summed E-state index contributed by atoms with van der Waals surface area (Å²) in [7, 11) is 3.48. The third kappa shape index (κ3) is 1.65. The Bertz CT molecular complexity index is 429. The van der Waals surface area contributed by atoms with Crippen LogP contribution in [-0.2, 0) is 4.79 Å². The van der Waals surface area contributed by atoms with Crippen LogP contribution in [0.3, 0.4) is 0 Å². The molecule has 1 aliphatic rings. The molecule has 1 unspecified atom stereocenters. The van der Waals surface area contributed by atoms with Crippen molar-refractivity contribution in [3.8, 4) is 5.75 Å². The maximum absolute atomic E-state index is 11.6. The molecular formula is C12H16N2O2. The second-order valence-corrected chi connectivity index (χ2v) is 3.97. The quantitative estimate of drug-likeness (QED) is 0.796. The average Bonchev–Trinajstić information content (AvgIpc) is 2.28. The van der Waals surface area contributed by atoms with Gasteiger partial charge in [0.2, 0.25) is 5.91 Å². The first-order chi connectivity index (χ1) is 7.67. The number of hydrogen-bond donors (Lipinski definition) is 2. The van der Waals surface area contributed by atoms with Gasteiger partial charge in [-0.1, -0.05) is 6.07 Å². The molecule has 2 rings (SSSR count). The molecule has 1 aliphatic heterocycles. The van der Waals surface area contributed by atoms with Crippen LogP contribution in [0.5, 0.6) is 5.75 Å². The number of hydrogen-bond acceptors (Lipinski definition) is 3. The van der Waals surface area contributed by atoms with Gasteiger partial charge in [-0.05, 0) is 31.2 Å². The number of carbonyl (C=O) groups is 1. The number of methoxy groups -OCH3 is 1.